The number of carbonyl (C=O) groups is 1. The number of hydrogen-bond acceptors (Lipinski definition) is 4. The van der Waals surface area contributed by atoms with E-state index in [2.05, 4.69) is 10.6 Å². The zero-order valence-corrected chi connectivity index (χ0v) is 7.92. The molecule has 0 aliphatic rings. The summed E-state index contributed by atoms with van der Waals surface area (Å²) >= 11 is 0. The van der Waals surface area contributed by atoms with Crippen molar-refractivity contribution in [1.82, 2.24) is 10.6 Å². The molecule has 0 unspecified atom stereocenters. The first-order valence-electron chi connectivity index (χ1n) is 4.47. The van der Waals surface area contributed by atoms with E-state index in [1.807, 2.05) is 6.92 Å². The first-order valence-corrected chi connectivity index (χ1v) is 4.47. The summed E-state index contributed by atoms with van der Waals surface area (Å²) in [5.41, 5.74) is 0. The number of nitrogens with one attached hydrogen (secondary N) is 2. The molecule has 0 aliphatic heterocycles. The van der Waals surface area contributed by atoms with Crippen molar-refractivity contribution >= 4 is 5.91 Å². The lowest BCUT2D eigenvalue weighted by Crippen LogP contribution is -2.38. The monoisotopic (exact) mass is 190 g/mol. The van der Waals surface area contributed by atoms with E-state index >= 15 is 0 Å². The third-order valence-electron chi connectivity index (χ3n) is 1.45. The topological polar surface area (TPSA) is 81.6 Å². The molecule has 5 nitrogen and oxygen atoms in total. The zero-order chi connectivity index (χ0) is 10.1. The largest absolute Gasteiger partial charge is 0.394 e. The number of aliphatic hydroxyl groups excluding tert-OH is 2. The Morgan fingerprint density at radius 1 is 1.54 bits per heavy atom. The maximum Gasteiger partial charge on any atom is 0.233 e. The smallest absolute Gasteiger partial charge is 0.233 e. The Hall–Kier alpha value is -0.650. The van der Waals surface area contributed by atoms with Crippen LogP contribution in [-0.4, -0.2) is 48.5 Å². The predicted octanol–water partition coefficient (Wildman–Crippen LogP) is -1.54. The molecule has 5 heteroatoms. The second-order valence-corrected chi connectivity index (χ2v) is 2.82. The van der Waals surface area contributed by atoms with Gasteiger partial charge in [-0.15, -0.1) is 0 Å². The van der Waals surface area contributed by atoms with Crippen LogP contribution < -0.4 is 10.6 Å². The molecule has 1 amide bonds. The van der Waals surface area contributed by atoms with Crippen LogP contribution in [0.4, 0.5) is 0 Å². The maximum atomic E-state index is 11.0. The third kappa shape index (κ3) is 7.70. The Kier molecular flexibility index (Phi) is 7.57. The van der Waals surface area contributed by atoms with Crippen LogP contribution in [0.5, 0.6) is 0 Å². The zero-order valence-electron chi connectivity index (χ0n) is 7.92. The summed E-state index contributed by atoms with van der Waals surface area (Å²) in [6, 6.07) is 0. The predicted molar refractivity (Wildman–Crippen MR) is 49.3 cm³/mol. The van der Waals surface area contributed by atoms with E-state index in [9.17, 15) is 4.79 Å². The third-order valence-corrected chi connectivity index (χ3v) is 1.45. The van der Waals surface area contributed by atoms with Crippen LogP contribution >= 0.6 is 0 Å². The van der Waals surface area contributed by atoms with E-state index in [0.717, 1.165) is 6.42 Å². The minimum Gasteiger partial charge on any atom is -0.394 e. The normalized spacial score (nSPS) is 12.5. The minimum absolute atomic E-state index is 0.0908. The van der Waals surface area contributed by atoms with Crippen molar-refractivity contribution in [2.45, 2.75) is 19.4 Å². The Bertz CT molecular complexity index is 141. The summed E-state index contributed by atoms with van der Waals surface area (Å²) in [4.78, 5) is 11.0. The van der Waals surface area contributed by atoms with E-state index in [1.165, 1.54) is 0 Å². The van der Waals surface area contributed by atoms with Gasteiger partial charge in [-0.2, -0.15) is 0 Å². The van der Waals surface area contributed by atoms with Gasteiger partial charge in [0.05, 0.1) is 19.3 Å². The van der Waals surface area contributed by atoms with Crippen molar-refractivity contribution in [2.24, 2.45) is 0 Å². The highest BCUT2D eigenvalue weighted by Crippen LogP contribution is 1.76. The van der Waals surface area contributed by atoms with E-state index in [4.69, 9.17) is 10.2 Å². The van der Waals surface area contributed by atoms with Gasteiger partial charge in [0.25, 0.3) is 0 Å². The van der Waals surface area contributed by atoms with Crippen molar-refractivity contribution in [3.05, 3.63) is 0 Å². The summed E-state index contributed by atoms with van der Waals surface area (Å²) in [5, 5.41) is 22.8. The Balaban J connectivity index is 3.26. The molecule has 0 bridgehead atoms. The molecule has 78 valence electrons. The lowest BCUT2D eigenvalue weighted by atomic mass is 10.4. The van der Waals surface area contributed by atoms with Gasteiger partial charge in [-0.1, -0.05) is 6.92 Å². The van der Waals surface area contributed by atoms with Crippen molar-refractivity contribution < 1.29 is 15.0 Å². The summed E-state index contributed by atoms with van der Waals surface area (Å²) in [6.45, 7) is 2.77. The highest BCUT2D eigenvalue weighted by Gasteiger charge is 2.02. The lowest BCUT2D eigenvalue weighted by Gasteiger charge is -2.08. The molecule has 4 N–H and O–H groups in total. The maximum absolute atomic E-state index is 11.0. The molecule has 13 heavy (non-hydrogen) atoms. The molecule has 0 aromatic rings. The summed E-state index contributed by atoms with van der Waals surface area (Å²) in [7, 11) is 0. The second kappa shape index (κ2) is 7.97. The van der Waals surface area contributed by atoms with Crippen LogP contribution in [0.1, 0.15) is 13.3 Å². The fourth-order valence-corrected chi connectivity index (χ4v) is 0.744. The number of carbonyl (C=O) groups excluding carboxylic acids is 1. The molecule has 0 radical (unpaired) electrons. The first-order chi connectivity index (χ1) is 6.20. The van der Waals surface area contributed by atoms with Crippen LogP contribution in [0, 0.1) is 0 Å². The van der Waals surface area contributed by atoms with Crippen LogP contribution in [0.2, 0.25) is 0 Å². The van der Waals surface area contributed by atoms with Crippen molar-refractivity contribution in [1.29, 1.82) is 0 Å². The molecular weight excluding hydrogens is 172 g/mol. The molecule has 1 atom stereocenters. The molecule has 0 aromatic heterocycles. The van der Waals surface area contributed by atoms with Gasteiger partial charge in [0.15, 0.2) is 0 Å². The Morgan fingerprint density at radius 3 is 2.77 bits per heavy atom. The van der Waals surface area contributed by atoms with E-state index in [-0.39, 0.29) is 25.6 Å². The van der Waals surface area contributed by atoms with E-state index in [1.54, 1.807) is 0 Å². The van der Waals surface area contributed by atoms with Gasteiger partial charge in [0.2, 0.25) is 5.91 Å². The highest BCUT2D eigenvalue weighted by molar-refractivity contribution is 5.77. The van der Waals surface area contributed by atoms with Crippen LogP contribution in [0.25, 0.3) is 0 Å². The fraction of sp³-hybridized carbons (Fsp3) is 0.875. The van der Waals surface area contributed by atoms with Gasteiger partial charge < -0.3 is 20.8 Å². The second-order valence-electron chi connectivity index (χ2n) is 2.82. The molecule has 0 rings (SSSR count). The SMILES string of the molecule is CCCNC(=O)CNC[C@H](O)CO. The molecule has 0 fully saturated rings. The van der Waals surface area contributed by atoms with Gasteiger partial charge in [-0.25, -0.2) is 0 Å². The van der Waals surface area contributed by atoms with Gasteiger partial charge in [-0.05, 0) is 6.42 Å². The van der Waals surface area contributed by atoms with Crippen molar-refractivity contribution in [3.63, 3.8) is 0 Å². The van der Waals surface area contributed by atoms with Crippen LogP contribution in [-0.2, 0) is 4.79 Å². The number of amides is 1. The number of rotatable bonds is 7. The lowest BCUT2D eigenvalue weighted by molar-refractivity contribution is -0.120. The molecule has 0 aromatic carbocycles. The van der Waals surface area contributed by atoms with Crippen LogP contribution in [0.15, 0.2) is 0 Å². The van der Waals surface area contributed by atoms with Crippen LogP contribution in [0.3, 0.4) is 0 Å². The van der Waals surface area contributed by atoms with Gasteiger partial charge in [-0.3, -0.25) is 4.79 Å². The number of aliphatic hydroxyl groups is 2. The van der Waals surface area contributed by atoms with Gasteiger partial charge in [0, 0.05) is 13.1 Å². The average molecular weight is 190 g/mol. The van der Waals surface area contributed by atoms with Gasteiger partial charge in [0.1, 0.15) is 0 Å². The molecular formula is C8H18N2O3. The van der Waals surface area contributed by atoms with E-state index in [0.29, 0.717) is 6.54 Å². The molecule has 0 aliphatic carbocycles. The molecule has 0 saturated heterocycles. The summed E-state index contributed by atoms with van der Waals surface area (Å²) in [5.74, 6) is -0.0908. The number of hydrogen-bond donors (Lipinski definition) is 4. The van der Waals surface area contributed by atoms with Crippen molar-refractivity contribution in [3.8, 4) is 0 Å². The summed E-state index contributed by atoms with van der Waals surface area (Å²) < 4.78 is 0. The molecule has 0 spiro atoms. The van der Waals surface area contributed by atoms with E-state index < -0.39 is 6.10 Å². The Morgan fingerprint density at radius 2 is 2.23 bits per heavy atom. The molecule has 0 saturated carbocycles. The average Bonchev–Trinajstić information content (AvgIpc) is 2.14. The quantitative estimate of drug-likeness (QED) is 0.392. The highest BCUT2D eigenvalue weighted by atomic mass is 16.3. The van der Waals surface area contributed by atoms with Gasteiger partial charge >= 0.3 is 0 Å². The first kappa shape index (κ1) is 12.3. The summed E-state index contributed by atoms with van der Waals surface area (Å²) in [6.07, 6.45) is 0.115. The fourth-order valence-electron chi connectivity index (χ4n) is 0.744. The minimum atomic E-state index is -0.793. The molecule has 0 heterocycles. The standard InChI is InChI=1S/C8H18N2O3/c1-2-3-10-8(13)5-9-4-7(12)6-11/h7,9,11-12H,2-6H2,1H3,(H,10,13)/t7-/m0/s1. The van der Waals surface area contributed by atoms with Crippen molar-refractivity contribution in [2.75, 3.05) is 26.2 Å². The Labute approximate surface area is 78.1 Å².